The molecule has 2 aliphatic heterocycles. The number of oxime groups is 1. The molecule has 0 bridgehead atoms. The molecule has 1 saturated heterocycles. The Labute approximate surface area is 96.6 Å². The number of likely N-dealkylation sites (tertiary alicyclic amines) is 1. The van der Waals surface area contributed by atoms with Crippen LogP contribution in [0.3, 0.4) is 0 Å². The van der Waals surface area contributed by atoms with E-state index in [0.29, 0.717) is 12.1 Å². The highest BCUT2D eigenvalue weighted by molar-refractivity contribution is 6.39. The van der Waals surface area contributed by atoms with Crippen LogP contribution in [-0.2, 0) is 9.63 Å². The van der Waals surface area contributed by atoms with Crippen molar-refractivity contribution in [2.75, 3.05) is 13.1 Å². The van der Waals surface area contributed by atoms with Crippen LogP contribution in [0.5, 0.6) is 0 Å². The molecule has 0 spiro atoms. The third-order valence-corrected chi connectivity index (χ3v) is 3.51. The minimum absolute atomic E-state index is 0.0860. The molecule has 90 valence electrons. The summed E-state index contributed by atoms with van der Waals surface area (Å²) in [4.78, 5) is 19.2. The predicted molar refractivity (Wildman–Crippen MR) is 62.2 cm³/mol. The molecule has 4 heteroatoms. The minimum atomic E-state index is 0.0860. The normalized spacial score (nSPS) is 26.5. The molecular weight excluding hydrogens is 204 g/mol. The second-order valence-corrected chi connectivity index (χ2v) is 4.85. The molecule has 16 heavy (non-hydrogen) atoms. The zero-order chi connectivity index (χ0) is 11.5. The first kappa shape index (κ1) is 11.4. The van der Waals surface area contributed by atoms with Crippen molar-refractivity contribution in [3.63, 3.8) is 0 Å². The molecule has 1 fully saturated rings. The molecule has 0 aromatic rings. The maximum absolute atomic E-state index is 12.1. The van der Waals surface area contributed by atoms with Gasteiger partial charge in [0.1, 0.15) is 11.8 Å². The summed E-state index contributed by atoms with van der Waals surface area (Å²) in [6.45, 7) is 6.03. The van der Waals surface area contributed by atoms with E-state index in [-0.39, 0.29) is 12.0 Å². The molecule has 0 aromatic heterocycles. The summed E-state index contributed by atoms with van der Waals surface area (Å²) in [5.74, 6) is 0.831. The van der Waals surface area contributed by atoms with Gasteiger partial charge in [0.25, 0.3) is 5.91 Å². The summed E-state index contributed by atoms with van der Waals surface area (Å²) in [6.07, 6.45) is 3.93. The molecule has 0 radical (unpaired) electrons. The third kappa shape index (κ3) is 2.36. The number of hydrogen-bond donors (Lipinski definition) is 0. The van der Waals surface area contributed by atoms with Crippen LogP contribution >= 0.6 is 0 Å². The monoisotopic (exact) mass is 224 g/mol. The number of piperidine rings is 1. The van der Waals surface area contributed by atoms with Crippen LogP contribution in [-0.4, -0.2) is 35.7 Å². The lowest BCUT2D eigenvalue weighted by Gasteiger charge is -2.29. The molecule has 0 unspecified atom stereocenters. The lowest BCUT2D eigenvalue weighted by Crippen LogP contribution is -2.41. The minimum Gasteiger partial charge on any atom is -0.392 e. The smallest absolute Gasteiger partial charge is 0.271 e. The SMILES string of the molecule is CC[C@@H]1CC(C(=O)N2CCC(C)CC2)=NO1. The van der Waals surface area contributed by atoms with Crippen LogP contribution < -0.4 is 0 Å². The Morgan fingerprint density at radius 2 is 2.19 bits per heavy atom. The van der Waals surface area contributed by atoms with Crippen LogP contribution in [0.4, 0.5) is 0 Å². The van der Waals surface area contributed by atoms with Gasteiger partial charge in [-0.15, -0.1) is 0 Å². The van der Waals surface area contributed by atoms with Gasteiger partial charge >= 0.3 is 0 Å². The maximum Gasteiger partial charge on any atom is 0.271 e. The van der Waals surface area contributed by atoms with E-state index in [1.54, 1.807) is 0 Å². The zero-order valence-electron chi connectivity index (χ0n) is 10.1. The van der Waals surface area contributed by atoms with Crippen molar-refractivity contribution in [1.82, 2.24) is 4.90 Å². The van der Waals surface area contributed by atoms with Gasteiger partial charge in [0.15, 0.2) is 0 Å². The predicted octanol–water partition coefficient (Wildman–Crippen LogP) is 1.80. The summed E-state index contributed by atoms with van der Waals surface area (Å²) in [5, 5.41) is 3.91. The number of hydrogen-bond acceptors (Lipinski definition) is 3. The molecule has 0 aliphatic carbocycles. The van der Waals surface area contributed by atoms with Gasteiger partial charge in [0.05, 0.1) is 0 Å². The molecule has 2 rings (SSSR count). The van der Waals surface area contributed by atoms with E-state index in [4.69, 9.17) is 4.84 Å². The number of carbonyl (C=O) groups is 1. The van der Waals surface area contributed by atoms with Gasteiger partial charge in [-0.05, 0) is 25.2 Å². The standard InChI is InChI=1S/C12H20N2O2/c1-3-10-8-11(13-16-10)12(15)14-6-4-9(2)5-7-14/h9-10H,3-8H2,1-2H3/t10-/m1/s1. The summed E-state index contributed by atoms with van der Waals surface area (Å²) in [6, 6.07) is 0. The van der Waals surface area contributed by atoms with E-state index in [9.17, 15) is 4.79 Å². The number of rotatable bonds is 2. The van der Waals surface area contributed by atoms with Gasteiger partial charge in [-0.1, -0.05) is 19.0 Å². The van der Waals surface area contributed by atoms with Gasteiger partial charge in [0, 0.05) is 19.5 Å². The summed E-state index contributed by atoms with van der Waals surface area (Å²) >= 11 is 0. The Bertz CT molecular complexity index is 293. The van der Waals surface area contributed by atoms with E-state index in [2.05, 4.69) is 19.0 Å². The lowest BCUT2D eigenvalue weighted by molar-refractivity contribution is -0.125. The Balaban J connectivity index is 1.88. The molecule has 4 nitrogen and oxygen atoms in total. The summed E-state index contributed by atoms with van der Waals surface area (Å²) < 4.78 is 0. The lowest BCUT2D eigenvalue weighted by atomic mass is 9.98. The first-order chi connectivity index (χ1) is 7.70. The Morgan fingerprint density at radius 1 is 1.50 bits per heavy atom. The highest BCUT2D eigenvalue weighted by atomic mass is 16.6. The molecule has 0 aromatic carbocycles. The molecule has 1 amide bonds. The van der Waals surface area contributed by atoms with Gasteiger partial charge in [0.2, 0.25) is 0 Å². The molecule has 0 N–H and O–H groups in total. The number of nitrogens with zero attached hydrogens (tertiary/aromatic N) is 2. The number of amides is 1. The summed E-state index contributed by atoms with van der Waals surface area (Å²) in [7, 11) is 0. The fourth-order valence-corrected chi connectivity index (χ4v) is 2.17. The zero-order valence-corrected chi connectivity index (χ0v) is 10.1. The number of carbonyl (C=O) groups excluding carboxylic acids is 1. The van der Waals surface area contributed by atoms with Crippen molar-refractivity contribution in [3.8, 4) is 0 Å². The highest BCUT2D eigenvalue weighted by Crippen LogP contribution is 2.19. The topological polar surface area (TPSA) is 41.9 Å². The van der Waals surface area contributed by atoms with Crippen molar-refractivity contribution in [2.24, 2.45) is 11.1 Å². The average molecular weight is 224 g/mol. The van der Waals surface area contributed by atoms with Crippen molar-refractivity contribution < 1.29 is 9.63 Å². The Morgan fingerprint density at radius 3 is 2.75 bits per heavy atom. The summed E-state index contributed by atoms with van der Waals surface area (Å²) in [5.41, 5.74) is 0.612. The fraction of sp³-hybridized carbons (Fsp3) is 0.833. The molecule has 1 atom stereocenters. The van der Waals surface area contributed by atoms with E-state index in [1.807, 2.05) is 4.90 Å². The van der Waals surface area contributed by atoms with Crippen LogP contribution in [0, 0.1) is 5.92 Å². The molecule has 2 heterocycles. The van der Waals surface area contributed by atoms with Crippen LogP contribution in [0.25, 0.3) is 0 Å². The highest BCUT2D eigenvalue weighted by Gasteiger charge is 2.29. The first-order valence-electron chi connectivity index (χ1n) is 6.22. The first-order valence-corrected chi connectivity index (χ1v) is 6.22. The molecule has 0 saturated carbocycles. The van der Waals surface area contributed by atoms with Crippen molar-refractivity contribution in [1.29, 1.82) is 0 Å². The largest absolute Gasteiger partial charge is 0.392 e. The van der Waals surface area contributed by atoms with Crippen molar-refractivity contribution in [3.05, 3.63) is 0 Å². The van der Waals surface area contributed by atoms with Crippen LogP contribution in [0.2, 0.25) is 0 Å². The van der Waals surface area contributed by atoms with Crippen LogP contribution in [0.1, 0.15) is 39.5 Å². The molecular formula is C12H20N2O2. The average Bonchev–Trinajstić information content (AvgIpc) is 2.77. The van der Waals surface area contributed by atoms with E-state index in [1.165, 1.54) is 0 Å². The van der Waals surface area contributed by atoms with E-state index < -0.39 is 0 Å². The molecule has 2 aliphatic rings. The van der Waals surface area contributed by atoms with Gasteiger partial charge in [-0.25, -0.2) is 0 Å². The van der Waals surface area contributed by atoms with Gasteiger partial charge in [-0.3, -0.25) is 4.79 Å². The third-order valence-electron chi connectivity index (χ3n) is 3.51. The van der Waals surface area contributed by atoms with E-state index in [0.717, 1.165) is 38.3 Å². The second kappa shape index (κ2) is 4.85. The fourth-order valence-electron chi connectivity index (χ4n) is 2.17. The van der Waals surface area contributed by atoms with E-state index >= 15 is 0 Å². The Kier molecular flexibility index (Phi) is 3.46. The Hall–Kier alpha value is -1.06. The van der Waals surface area contributed by atoms with Crippen LogP contribution in [0.15, 0.2) is 5.16 Å². The quantitative estimate of drug-likeness (QED) is 0.717. The van der Waals surface area contributed by atoms with Crippen molar-refractivity contribution in [2.45, 2.75) is 45.6 Å². The van der Waals surface area contributed by atoms with Gasteiger partial charge in [-0.2, -0.15) is 0 Å². The van der Waals surface area contributed by atoms with Crippen molar-refractivity contribution >= 4 is 11.6 Å². The second-order valence-electron chi connectivity index (χ2n) is 4.85. The van der Waals surface area contributed by atoms with Gasteiger partial charge < -0.3 is 9.74 Å². The maximum atomic E-state index is 12.1.